The molecule has 0 saturated heterocycles. The Balaban J connectivity index is 1.89. The molecule has 2 fully saturated rings. The smallest absolute Gasteiger partial charge is 0.0962 e. The molecule has 1 heterocycles. The van der Waals surface area contributed by atoms with Crippen molar-refractivity contribution in [2.45, 2.75) is 56.8 Å². The van der Waals surface area contributed by atoms with Gasteiger partial charge in [0.2, 0.25) is 0 Å². The highest BCUT2D eigenvalue weighted by Crippen LogP contribution is 2.51. The monoisotopic (exact) mass is 236 g/mol. The number of hydrogen-bond donors (Lipinski definition) is 1. The van der Waals surface area contributed by atoms with Gasteiger partial charge >= 0.3 is 0 Å². The van der Waals surface area contributed by atoms with Gasteiger partial charge in [0.15, 0.2) is 0 Å². The van der Waals surface area contributed by atoms with Crippen molar-refractivity contribution in [1.29, 1.82) is 0 Å². The number of thiazole rings is 1. The average Bonchev–Trinajstić information content (AvgIpc) is 2.74. The first-order chi connectivity index (χ1) is 7.75. The van der Waals surface area contributed by atoms with Gasteiger partial charge in [-0.1, -0.05) is 12.8 Å². The molecule has 2 saturated carbocycles. The summed E-state index contributed by atoms with van der Waals surface area (Å²) in [6, 6.07) is 0. The van der Waals surface area contributed by atoms with Gasteiger partial charge in [-0.2, -0.15) is 0 Å². The van der Waals surface area contributed by atoms with Crippen LogP contribution in [0, 0.1) is 6.92 Å². The van der Waals surface area contributed by atoms with Crippen LogP contribution in [0.4, 0.5) is 0 Å². The first kappa shape index (κ1) is 10.7. The van der Waals surface area contributed by atoms with Crippen LogP contribution in [0.25, 0.3) is 0 Å². The molecule has 0 bridgehead atoms. The molecular weight excluding hydrogens is 216 g/mol. The van der Waals surface area contributed by atoms with Gasteiger partial charge in [0.25, 0.3) is 0 Å². The summed E-state index contributed by atoms with van der Waals surface area (Å²) in [5, 5.41) is 1.39. The number of rotatable bonds is 3. The van der Waals surface area contributed by atoms with Crippen molar-refractivity contribution in [2.75, 3.05) is 6.54 Å². The third-order valence-electron chi connectivity index (χ3n) is 4.24. The van der Waals surface area contributed by atoms with Gasteiger partial charge in [0, 0.05) is 22.8 Å². The maximum atomic E-state index is 5.91. The van der Waals surface area contributed by atoms with Crippen LogP contribution in [-0.4, -0.2) is 11.5 Å². The second-order valence-electron chi connectivity index (χ2n) is 5.43. The lowest BCUT2D eigenvalue weighted by atomic mass is 10.0. The second kappa shape index (κ2) is 3.81. The van der Waals surface area contributed by atoms with Crippen LogP contribution in [0.1, 0.15) is 60.0 Å². The van der Waals surface area contributed by atoms with Crippen molar-refractivity contribution in [2.24, 2.45) is 5.73 Å². The van der Waals surface area contributed by atoms with E-state index in [4.69, 9.17) is 10.7 Å². The van der Waals surface area contributed by atoms with Crippen LogP contribution in [0.3, 0.4) is 0 Å². The summed E-state index contributed by atoms with van der Waals surface area (Å²) < 4.78 is 0. The Kier molecular flexibility index (Phi) is 2.55. The van der Waals surface area contributed by atoms with Gasteiger partial charge in [-0.25, -0.2) is 4.98 Å². The minimum Gasteiger partial charge on any atom is -0.330 e. The minimum absolute atomic E-state index is 0.332. The highest BCUT2D eigenvalue weighted by molar-refractivity contribution is 7.12. The molecule has 0 unspecified atom stereocenters. The molecule has 1 aromatic heterocycles. The molecule has 3 rings (SSSR count). The zero-order valence-electron chi connectivity index (χ0n) is 9.96. The predicted molar refractivity (Wildman–Crippen MR) is 68.0 cm³/mol. The van der Waals surface area contributed by atoms with Gasteiger partial charge in [-0.05, 0) is 32.6 Å². The first-order valence-electron chi connectivity index (χ1n) is 6.43. The molecule has 88 valence electrons. The van der Waals surface area contributed by atoms with E-state index >= 15 is 0 Å². The van der Waals surface area contributed by atoms with E-state index in [1.54, 1.807) is 0 Å². The molecule has 0 aliphatic heterocycles. The first-order valence-corrected chi connectivity index (χ1v) is 7.25. The Morgan fingerprint density at radius 1 is 1.38 bits per heavy atom. The van der Waals surface area contributed by atoms with Crippen molar-refractivity contribution in [1.82, 2.24) is 4.98 Å². The van der Waals surface area contributed by atoms with Crippen LogP contribution in [0.15, 0.2) is 0 Å². The fourth-order valence-corrected chi connectivity index (χ4v) is 4.42. The van der Waals surface area contributed by atoms with Crippen molar-refractivity contribution in [3.8, 4) is 0 Å². The van der Waals surface area contributed by atoms with Crippen molar-refractivity contribution in [3.63, 3.8) is 0 Å². The summed E-state index contributed by atoms with van der Waals surface area (Å²) in [4.78, 5) is 6.31. The maximum absolute atomic E-state index is 5.91. The van der Waals surface area contributed by atoms with Crippen LogP contribution in [0.2, 0.25) is 0 Å². The summed E-state index contributed by atoms with van der Waals surface area (Å²) in [6.07, 6.45) is 8.03. The van der Waals surface area contributed by atoms with E-state index < -0.39 is 0 Å². The fourth-order valence-electron chi connectivity index (χ4n) is 2.93. The van der Waals surface area contributed by atoms with Crippen LogP contribution < -0.4 is 5.73 Å². The van der Waals surface area contributed by atoms with E-state index in [-0.39, 0.29) is 0 Å². The number of hydrogen-bond acceptors (Lipinski definition) is 3. The summed E-state index contributed by atoms with van der Waals surface area (Å²) in [7, 11) is 0. The van der Waals surface area contributed by atoms with E-state index in [9.17, 15) is 0 Å². The topological polar surface area (TPSA) is 38.9 Å². The Hall–Kier alpha value is -0.410. The third kappa shape index (κ3) is 1.61. The number of aromatic nitrogens is 1. The number of nitrogens with zero attached hydrogens (tertiary/aromatic N) is 1. The normalized spacial score (nSPS) is 23.9. The Labute approximate surface area is 101 Å². The lowest BCUT2D eigenvalue weighted by Gasteiger charge is -2.09. The minimum atomic E-state index is 0.332. The quantitative estimate of drug-likeness (QED) is 0.876. The molecule has 0 amide bonds. The van der Waals surface area contributed by atoms with Gasteiger partial charge in [0.05, 0.1) is 10.7 Å². The predicted octanol–water partition coefficient (Wildman–Crippen LogP) is 3.10. The van der Waals surface area contributed by atoms with E-state index in [0.29, 0.717) is 5.41 Å². The molecule has 0 radical (unpaired) electrons. The summed E-state index contributed by atoms with van der Waals surface area (Å²) in [6.45, 7) is 2.97. The highest BCUT2D eigenvalue weighted by Gasteiger charge is 2.46. The maximum Gasteiger partial charge on any atom is 0.0962 e. The van der Waals surface area contributed by atoms with Gasteiger partial charge in [-0.15, -0.1) is 11.3 Å². The number of nitrogens with two attached hydrogens (primary N) is 1. The highest BCUT2D eigenvalue weighted by atomic mass is 32.1. The Morgan fingerprint density at radius 3 is 2.62 bits per heavy atom. The Bertz CT molecular complexity index is 387. The van der Waals surface area contributed by atoms with E-state index in [0.717, 1.165) is 12.5 Å². The zero-order chi connectivity index (χ0) is 11.2. The Morgan fingerprint density at radius 2 is 2.06 bits per heavy atom. The van der Waals surface area contributed by atoms with Crippen LogP contribution in [0.5, 0.6) is 0 Å². The molecule has 2 aliphatic rings. The van der Waals surface area contributed by atoms with Crippen molar-refractivity contribution >= 4 is 11.3 Å². The van der Waals surface area contributed by atoms with E-state index in [1.165, 1.54) is 54.1 Å². The molecule has 1 aromatic rings. The van der Waals surface area contributed by atoms with Crippen molar-refractivity contribution < 1.29 is 0 Å². The molecule has 0 atom stereocenters. The molecule has 2 nitrogen and oxygen atoms in total. The molecule has 3 heteroatoms. The lowest BCUT2D eigenvalue weighted by Crippen LogP contribution is -2.19. The SMILES string of the molecule is Cc1nc(C2CCCC2)sc1C1(CN)CC1. The second-order valence-corrected chi connectivity index (χ2v) is 6.46. The summed E-state index contributed by atoms with van der Waals surface area (Å²) in [5.41, 5.74) is 7.50. The largest absolute Gasteiger partial charge is 0.330 e. The standard InChI is InChI=1S/C13H20N2S/c1-9-11(13(8-14)6-7-13)16-12(15-9)10-4-2-3-5-10/h10H,2-8,14H2,1H3. The third-order valence-corrected chi connectivity index (χ3v) is 5.81. The van der Waals surface area contributed by atoms with Crippen LogP contribution in [-0.2, 0) is 5.41 Å². The molecule has 2 N–H and O–H groups in total. The van der Waals surface area contributed by atoms with Crippen molar-refractivity contribution in [3.05, 3.63) is 15.6 Å². The van der Waals surface area contributed by atoms with E-state index in [1.807, 2.05) is 11.3 Å². The average molecular weight is 236 g/mol. The van der Waals surface area contributed by atoms with Crippen LogP contribution >= 0.6 is 11.3 Å². The zero-order valence-corrected chi connectivity index (χ0v) is 10.8. The molecule has 0 aromatic carbocycles. The molecule has 16 heavy (non-hydrogen) atoms. The van der Waals surface area contributed by atoms with E-state index in [2.05, 4.69) is 6.92 Å². The molecular formula is C13H20N2S. The fraction of sp³-hybridized carbons (Fsp3) is 0.769. The lowest BCUT2D eigenvalue weighted by molar-refractivity contribution is 0.705. The molecule has 0 spiro atoms. The van der Waals surface area contributed by atoms with Gasteiger partial charge in [0.1, 0.15) is 0 Å². The summed E-state index contributed by atoms with van der Waals surface area (Å²) in [5.74, 6) is 0.756. The van der Waals surface area contributed by atoms with Gasteiger partial charge < -0.3 is 5.73 Å². The molecule has 2 aliphatic carbocycles. The van der Waals surface area contributed by atoms with Gasteiger partial charge in [-0.3, -0.25) is 0 Å². The number of aryl methyl sites for hydroxylation is 1. The summed E-state index contributed by atoms with van der Waals surface area (Å²) >= 11 is 1.96.